The molecule has 0 aliphatic carbocycles. The average Bonchev–Trinajstić information content (AvgIpc) is 2.57. The van der Waals surface area contributed by atoms with Crippen LogP contribution in [0.5, 0.6) is 11.5 Å². The van der Waals surface area contributed by atoms with E-state index in [4.69, 9.17) is 15.2 Å². The molecule has 0 aliphatic rings. The van der Waals surface area contributed by atoms with Gasteiger partial charge in [-0.3, -0.25) is 19.3 Å². The summed E-state index contributed by atoms with van der Waals surface area (Å²) in [6, 6.07) is 4.69. The van der Waals surface area contributed by atoms with Gasteiger partial charge >= 0.3 is 11.8 Å². The number of amides is 3. The Morgan fingerprint density at radius 2 is 1.83 bits per heavy atom. The zero-order valence-electron chi connectivity index (χ0n) is 14.3. The minimum atomic E-state index is -0.930. The van der Waals surface area contributed by atoms with E-state index in [2.05, 4.69) is 5.32 Å². The van der Waals surface area contributed by atoms with Crippen molar-refractivity contribution in [2.75, 3.05) is 27.3 Å². The maximum Gasteiger partial charge on any atom is 0.318 e. The van der Waals surface area contributed by atoms with Gasteiger partial charge in [0.1, 0.15) is 0 Å². The van der Waals surface area contributed by atoms with Crippen LogP contribution in [0.3, 0.4) is 0 Å². The summed E-state index contributed by atoms with van der Waals surface area (Å²) < 4.78 is 10.4. The Labute approximate surface area is 140 Å². The number of carbonyl (C=O) groups is 3. The van der Waals surface area contributed by atoms with Gasteiger partial charge in [-0.2, -0.15) is 0 Å². The molecule has 1 unspecified atom stereocenters. The first-order chi connectivity index (χ1) is 11.3. The number of hydrogen-bond donors (Lipinski definition) is 2. The first-order valence-electron chi connectivity index (χ1n) is 7.40. The van der Waals surface area contributed by atoms with Gasteiger partial charge in [0.25, 0.3) is 0 Å². The van der Waals surface area contributed by atoms with Gasteiger partial charge in [-0.15, -0.1) is 0 Å². The number of carbonyl (C=O) groups excluding carboxylic acids is 3. The quantitative estimate of drug-likeness (QED) is 0.718. The molecule has 1 rings (SSSR count). The molecule has 1 aromatic rings. The van der Waals surface area contributed by atoms with Crippen molar-refractivity contribution in [2.24, 2.45) is 5.73 Å². The maximum absolute atomic E-state index is 12.1. The van der Waals surface area contributed by atoms with Gasteiger partial charge in [0.05, 0.1) is 20.3 Å². The van der Waals surface area contributed by atoms with Crippen molar-refractivity contribution in [3.8, 4) is 11.5 Å². The Kier molecular flexibility index (Phi) is 7.19. The number of nitrogens with one attached hydrogen (secondary N) is 1. The molecule has 1 atom stereocenters. The molecule has 0 fully saturated rings. The molecule has 3 amide bonds. The summed E-state index contributed by atoms with van der Waals surface area (Å²) in [6.45, 7) is 3.00. The van der Waals surface area contributed by atoms with Crippen LogP contribution >= 0.6 is 0 Å². The minimum Gasteiger partial charge on any atom is -0.493 e. The van der Waals surface area contributed by atoms with Crippen LogP contribution in [-0.4, -0.2) is 49.9 Å². The van der Waals surface area contributed by atoms with Crippen LogP contribution in [0.2, 0.25) is 0 Å². The number of rotatable bonds is 6. The molecule has 132 valence electrons. The molecule has 0 bridgehead atoms. The smallest absolute Gasteiger partial charge is 0.318 e. The second kappa shape index (κ2) is 8.88. The number of benzene rings is 1. The van der Waals surface area contributed by atoms with Crippen molar-refractivity contribution in [3.05, 3.63) is 23.8 Å². The van der Waals surface area contributed by atoms with Crippen molar-refractivity contribution < 1.29 is 23.9 Å². The number of ether oxygens (including phenoxy) is 2. The summed E-state index contributed by atoms with van der Waals surface area (Å²) in [5, 5.41) is 2.56. The van der Waals surface area contributed by atoms with E-state index in [1.165, 1.54) is 21.1 Å². The summed E-state index contributed by atoms with van der Waals surface area (Å²) in [5.41, 5.74) is 6.08. The Hall–Kier alpha value is -2.61. The van der Waals surface area contributed by atoms with E-state index in [-0.39, 0.29) is 13.1 Å². The molecule has 0 spiro atoms. The van der Waals surface area contributed by atoms with E-state index in [9.17, 15) is 14.4 Å². The lowest BCUT2D eigenvalue weighted by molar-refractivity contribution is -0.152. The first-order valence-corrected chi connectivity index (χ1v) is 7.40. The van der Waals surface area contributed by atoms with Crippen LogP contribution in [0.25, 0.3) is 0 Å². The minimum absolute atomic E-state index is 0.00761. The molecular weight excluding hydrogens is 314 g/mol. The third-order valence-electron chi connectivity index (χ3n) is 3.43. The SMILES string of the molecule is COc1ccc(C(C)NC(=O)C(=O)N(CCN)C(C)=O)cc1OC. The molecule has 24 heavy (non-hydrogen) atoms. The van der Waals surface area contributed by atoms with Crippen LogP contribution in [0.1, 0.15) is 25.5 Å². The third kappa shape index (κ3) is 4.69. The number of nitrogens with zero attached hydrogens (tertiary/aromatic N) is 1. The van der Waals surface area contributed by atoms with Gasteiger partial charge in [0.2, 0.25) is 5.91 Å². The van der Waals surface area contributed by atoms with Crippen LogP contribution < -0.4 is 20.5 Å². The Morgan fingerprint density at radius 3 is 2.33 bits per heavy atom. The van der Waals surface area contributed by atoms with Gasteiger partial charge in [-0.1, -0.05) is 6.07 Å². The molecular formula is C16H23N3O5. The van der Waals surface area contributed by atoms with E-state index in [1.54, 1.807) is 25.1 Å². The fourth-order valence-electron chi connectivity index (χ4n) is 2.12. The molecule has 1 aromatic carbocycles. The van der Waals surface area contributed by atoms with Crippen LogP contribution in [0, 0.1) is 0 Å². The molecule has 0 radical (unpaired) electrons. The Bertz CT molecular complexity index is 618. The number of imide groups is 1. The van der Waals surface area contributed by atoms with Gasteiger partial charge in [0.15, 0.2) is 11.5 Å². The maximum atomic E-state index is 12.1. The lowest BCUT2D eigenvalue weighted by Crippen LogP contribution is -2.47. The fraction of sp³-hybridized carbons (Fsp3) is 0.438. The average molecular weight is 337 g/mol. The molecule has 0 heterocycles. The van der Waals surface area contributed by atoms with Crippen LogP contribution in [0.4, 0.5) is 0 Å². The van der Waals surface area contributed by atoms with Crippen molar-refractivity contribution in [2.45, 2.75) is 19.9 Å². The monoisotopic (exact) mass is 337 g/mol. The van der Waals surface area contributed by atoms with Crippen molar-refractivity contribution >= 4 is 17.7 Å². The molecule has 0 aliphatic heterocycles. The summed E-state index contributed by atoms with van der Waals surface area (Å²) in [5.74, 6) is -1.27. The van der Waals surface area contributed by atoms with E-state index in [0.717, 1.165) is 10.5 Å². The largest absolute Gasteiger partial charge is 0.493 e. The predicted molar refractivity (Wildman–Crippen MR) is 87.6 cm³/mol. The highest BCUT2D eigenvalue weighted by molar-refractivity contribution is 6.37. The summed E-state index contributed by atoms with van der Waals surface area (Å²) >= 11 is 0. The topological polar surface area (TPSA) is 111 Å². The van der Waals surface area contributed by atoms with Gasteiger partial charge < -0.3 is 20.5 Å². The van der Waals surface area contributed by atoms with Crippen molar-refractivity contribution in [3.63, 3.8) is 0 Å². The van der Waals surface area contributed by atoms with E-state index < -0.39 is 23.8 Å². The highest BCUT2D eigenvalue weighted by Gasteiger charge is 2.26. The highest BCUT2D eigenvalue weighted by atomic mass is 16.5. The lowest BCUT2D eigenvalue weighted by Gasteiger charge is -2.20. The van der Waals surface area contributed by atoms with Crippen LogP contribution in [0.15, 0.2) is 18.2 Å². The zero-order valence-corrected chi connectivity index (χ0v) is 14.3. The van der Waals surface area contributed by atoms with Crippen molar-refractivity contribution in [1.29, 1.82) is 0 Å². The summed E-state index contributed by atoms with van der Waals surface area (Å²) in [4.78, 5) is 36.4. The lowest BCUT2D eigenvalue weighted by atomic mass is 10.1. The number of nitrogens with two attached hydrogens (primary N) is 1. The number of hydrogen-bond acceptors (Lipinski definition) is 6. The van der Waals surface area contributed by atoms with E-state index in [0.29, 0.717) is 11.5 Å². The Morgan fingerprint density at radius 1 is 1.21 bits per heavy atom. The molecule has 3 N–H and O–H groups in total. The van der Waals surface area contributed by atoms with Gasteiger partial charge in [0, 0.05) is 20.0 Å². The number of methoxy groups -OCH3 is 2. The molecule has 0 saturated carbocycles. The highest BCUT2D eigenvalue weighted by Crippen LogP contribution is 2.29. The zero-order chi connectivity index (χ0) is 18.3. The van der Waals surface area contributed by atoms with E-state index >= 15 is 0 Å². The Balaban J connectivity index is 2.86. The normalized spacial score (nSPS) is 11.4. The van der Waals surface area contributed by atoms with Crippen molar-refractivity contribution in [1.82, 2.24) is 10.2 Å². The second-order valence-corrected chi connectivity index (χ2v) is 5.07. The first kappa shape index (κ1) is 19.4. The second-order valence-electron chi connectivity index (χ2n) is 5.07. The fourth-order valence-corrected chi connectivity index (χ4v) is 2.12. The van der Waals surface area contributed by atoms with Gasteiger partial charge in [-0.25, -0.2) is 0 Å². The molecule has 0 saturated heterocycles. The standard InChI is InChI=1S/C16H23N3O5/c1-10(12-5-6-13(23-3)14(9-12)24-4)18-15(21)16(22)19(8-7-17)11(2)20/h5-6,9-10H,7-8,17H2,1-4H3,(H,18,21). The third-order valence-corrected chi connectivity index (χ3v) is 3.43. The summed E-state index contributed by atoms with van der Waals surface area (Å²) in [6.07, 6.45) is 0. The molecule has 8 heteroatoms. The van der Waals surface area contributed by atoms with Gasteiger partial charge in [-0.05, 0) is 24.6 Å². The predicted octanol–water partition coefficient (Wildman–Crippen LogP) is 0.215. The van der Waals surface area contributed by atoms with Crippen LogP contribution in [-0.2, 0) is 14.4 Å². The summed E-state index contributed by atoms with van der Waals surface area (Å²) in [7, 11) is 3.03. The molecule has 0 aromatic heterocycles. The van der Waals surface area contributed by atoms with E-state index in [1.807, 2.05) is 0 Å². The molecule has 8 nitrogen and oxygen atoms in total.